The summed E-state index contributed by atoms with van der Waals surface area (Å²) in [7, 11) is 0. The molecule has 0 saturated heterocycles. The van der Waals surface area contributed by atoms with Crippen LogP contribution in [0.3, 0.4) is 0 Å². The molecule has 1 aliphatic carbocycles. The van der Waals surface area contributed by atoms with Crippen LogP contribution in [-0.2, 0) is 0 Å². The van der Waals surface area contributed by atoms with E-state index in [4.69, 9.17) is 14.9 Å². The summed E-state index contributed by atoms with van der Waals surface area (Å²) in [6.07, 6.45) is 6.82. The van der Waals surface area contributed by atoms with Crippen molar-refractivity contribution in [3.05, 3.63) is 41.5 Å². The summed E-state index contributed by atoms with van der Waals surface area (Å²) < 4.78 is 5.64. The van der Waals surface area contributed by atoms with E-state index in [0.717, 1.165) is 19.3 Å². The molecule has 0 aliphatic heterocycles. The van der Waals surface area contributed by atoms with E-state index in [1.54, 1.807) is 0 Å². The Morgan fingerprint density at radius 2 is 1.89 bits per heavy atom. The van der Waals surface area contributed by atoms with Gasteiger partial charge in [0.25, 0.3) is 0 Å². The molecule has 1 aromatic rings. The third-order valence-electron chi connectivity index (χ3n) is 2.95. The molecule has 2 rings (SSSR count). The molecule has 0 spiro atoms. The van der Waals surface area contributed by atoms with Crippen LogP contribution in [0.15, 0.2) is 30.4 Å². The molecule has 1 atom stereocenters. The first kappa shape index (κ1) is 13.1. The second-order valence-corrected chi connectivity index (χ2v) is 4.33. The standard InChI is InChI=1S/C14H14O5/c15-13(16)11-7-6-10(8-12(11)14(17)18)19-9-4-2-1-3-5-9/h2,4,6-9H,1,3,5H2,(H,15,16)(H,17,18). The number of ether oxygens (including phenoxy) is 1. The minimum Gasteiger partial charge on any atom is -0.486 e. The van der Waals surface area contributed by atoms with Gasteiger partial charge in [0.15, 0.2) is 0 Å². The highest BCUT2D eigenvalue weighted by Gasteiger charge is 2.18. The lowest BCUT2D eigenvalue weighted by molar-refractivity contribution is 0.0651. The first-order chi connectivity index (χ1) is 9.08. The largest absolute Gasteiger partial charge is 0.486 e. The topological polar surface area (TPSA) is 83.8 Å². The maximum absolute atomic E-state index is 11.0. The van der Waals surface area contributed by atoms with Gasteiger partial charge in [-0.1, -0.05) is 6.08 Å². The molecule has 0 aromatic heterocycles. The van der Waals surface area contributed by atoms with E-state index in [1.807, 2.05) is 12.2 Å². The van der Waals surface area contributed by atoms with Gasteiger partial charge in [-0.2, -0.15) is 0 Å². The van der Waals surface area contributed by atoms with Crippen molar-refractivity contribution in [2.24, 2.45) is 0 Å². The summed E-state index contributed by atoms with van der Waals surface area (Å²) in [5.74, 6) is -2.16. The fourth-order valence-electron chi connectivity index (χ4n) is 2.01. The van der Waals surface area contributed by atoms with Crippen LogP contribution in [0.2, 0.25) is 0 Å². The second-order valence-electron chi connectivity index (χ2n) is 4.33. The quantitative estimate of drug-likeness (QED) is 0.815. The molecule has 100 valence electrons. The number of rotatable bonds is 4. The van der Waals surface area contributed by atoms with Crippen LogP contribution < -0.4 is 4.74 Å². The third-order valence-corrected chi connectivity index (χ3v) is 2.95. The Kier molecular flexibility index (Phi) is 3.85. The Labute approximate surface area is 110 Å². The zero-order valence-electron chi connectivity index (χ0n) is 10.2. The summed E-state index contributed by atoms with van der Waals surface area (Å²) in [5.41, 5.74) is -0.496. The van der Waals surface area contributed by atoms with Gasteiger partial charge in [0.05, 0.1) is 11.1 Å². The molecular weight excluding hydrogens is 248 g/mol. The van der Waals surface area contributed by atoms with Crippen LogP contribution in [0.25, 0.3) is 0 Å². The van der Waals surface area contributed by atoms with Gasteiger partial charge in [0.2, 0.25) is 0 Å². The van der Waals surface area contributed by atoms with Gasteiger partial charge in [0.1, 0.15) is 11.9 Å². The molecule has 0 saturated carbocycles. The van der Waals surface area contributed by atoms with Gasteiger partial charge < -0.3 is 14.9 Å². The predicted molar refractivity (Wildman–Crippen MR) is 67.8 cm³/mol. The lowest BCUT2D eigenvalue weighted by Gasteiger charge is -2.18. The highest BCUT2D eigenvalue weighted by molar-refractivity contribution is 6.01. The molecule has 19 heavy (non-hydrogen) atoms. The number of hydrogen-bond acceptors (Lipinski definition) is 3. The number of carbonyl (C=O) groups is 2. The van der Waals surface area contributed by atoms with E-state index in [9.17, 15) is 9.59 Å². The summed E-state index contributed by atoms with van der Waals surface area (Å²) >= 11 is 0. The molecule has 0 heterocycles. The molecule has 1 aromatic carbocycles. The molecule has 1 aliphatic rings. The van der Waals surface area contributed by atoms with Gasteiger partial charge in [-0.05, 0) is 43.5 Å². The molecular formula is C14H14O5. The summed E-state index contributed by atoms with van der Waals surface area (Å²) in [4.78, 5) is 21.9. The van der Waals surface area contributed by atoms with E-state index in [2.05, 4.69) is 0 Å². The number of hydrogen-bond donors (Lipinski definition) is 2. The lowest BCUT2D eigenvalue weighted by Crippen LogP contribution is -2.16. The lowest BCUT2D eigenvalue weighted by atomic mass is 10.0. The molecule has 5 heteroatoms. The first-order valence-electron chi connectivity index (χ1n) is 6.02. The van der Waals surface area contributed by atoms with Crippen LogP contribution in [0.4, 0.5) is 0 Å². The minimum absolute atomic E-state index is 0.0777. The molecule has 0 radical (unpaired) electrons. The van der Waals surface area contributed by atoms with Gasteiger partial charge >= 0.3 is 11.9 Å². The Balaban J connectivity index is 2.25. The van der Waals surface area contributed by atoms with Crippen molar-refractivity contribution in [2.45, 2.75) is 25.4 Å². The number of aromatic carboxylic acids is 2. The van der Waals surface area contributed by atoms with Crippen molar-refractivity contribution in [3.63, 3.8) is 0 Å². The van der Waals surface area contributed by atoms with Crippen LogP contribution >= 0.6 is 0 Å². The van der Waals surface area contributed by atoms with Crippen molar-refractivity contribution < 1.29 is 24.5 Å². The van der Waals surface area contributed by atoms with Gasteiger partial charge in [-0.3, -0.25) is 0 Å². The fourth-order valence-corrected chi connectivity index (χ4v) is 2.01. The average molecular weight is 262 g/mol. The monoisotopic (exact) mass is 262 g/mol. The van der Waals surface area contributed by atoms with Crippen molar-refractivity contribution in [1.29, 1.82) is 0 Å². The number of carboxylic acids is 2. The highest BCUT2D eigenvalue weighted by atomic mass is 16.5. The third kappa shape index (κ3) is 3.13. The average Bonchev–Trinajstić information content (AvgIpc) is 2.39. The SMILES string of the molecule is O=C(O)c1ccc(OC2C=CCCC2)cc1C(=O)O. The summed E-state index contributed by atoms with van der Waals surface area (Å²) in [6, 6.07) is 4.00. The maximum Gasteiger partial charge on any atom is 0.336 e. The van der Waals surface area contributed by atoms with Crippen LogP contribution in [-0.4, -0.2) is 28.3 Å². The van der Waals surface area contributed by atoms with E-state index in [-0.39, 0.29) is 17.2 Å². The number of benzene rings is 1. The summed E-state index contributed by atoms with van der Waals surface area (Å²) in [5, 5.41) is 17.9. The molecule has 0 bridgehead atoms. The van der Waals surface area contributed by atoms with Crippen molar-refractivity contribution in [3.8, 4) is 5.75 Å². The fraction of sp³-hybridized carbons (Fsp3) is 0.286. The second kappa shape index (κ2) is 5.56. The van der Waals surface area contributed by atoms with Crippen molar-refractivity contribution in [1.82, 2.24) is 0 Å². The first-order valence-corrected chi connectivity index (χ1v) is 6.02. The Hall–Kier alpha value is -2.30. The van der Waals surface area contributed by atoms with Crippen molar-refractivity contribution in [2.75, 3.05) is 0 Å². The smallest absolute Gasteiger partial charge is 0.336 e. The molecule has 0 fully saturated rings. The molecule has 0 amide bonds. The van der Waals surface area contributed by atoms with Crippen LogP contribution in [0.5, 0.6) is 5.75 Å². The van der Waals surface area contributed by atoms with Crippen molar-refractivity contribution >= 4 is 11.9 Å². The number of carboxylic acid groups (broad SMARTS) is 2. The highest BCUT2D eigenvalue weighted by Crippen LogP contribution is 2.22. The van der Waals surface area contributed by atoms with Gasteiger partial charge in [0, 0.05) is 0 Å². The normalized spacial score (nSPS) is 18.0. The van der Waals surface area contributed by atoms with E-state index in [0.29, 0.717) is 5.75 Å². The van der Waals surface area contributed by atoms with Gasteiger partial charge in [-0.25, -0.2) is 9.59 Å². The predicted octanol–water partition coefficient (Wildman–Crippen LogP) is 2.57. The Morgan fingerprint density at radius 3 is 2.47 bits per heavy atom. The summed E-state index contributed by atoms with van der Waals surface area (Å²) in [6.45, 7) is 0. The Morgan fingerprint density at radius 1 is 1.16 bits per heavy atom. The van der Waals surface area contributed by atoms with E-state index >= 15 is 0 Å². The zero-order valence-corrected chi connectivity index (χ0v) is 10.2. The molecule has 5 nitrogen and oxygen atoms in total. The molecule has 1 unspecified atom stereocenters. The minimum atomic E-state index is -1.28. The Bertz CT molecular complexity index is 533. The van der Waals surface area contributed by atoms with E-state index in [1.165, 1.54) is 18.2 Å². The number of allylic oxidation sites excluding steroid dienone is 1. The van der Waals surface area contributed by atoms with Crippen LogP contribution in [0.1, 0.15) is 40.0 Å². The van der Waals surface area contributed by atoms with Gasteiger partial charge in [-0.15, -0.1) is 0 Å². The molecule has 2 N–H and O–H groups in total. The van der Waals surface area contributed by atoms with E-state index < -0.39 is 11.9 Å². The van der Waals surface area contributed by atoms with Crippen LogP contribution in [0, 0.1) is 0 Å². The zero-order chi connectivity index (χ0) is 13.8. The maximum atomic E-state index is 11.0.